The molecule has 1 heterocycles. The van der Waals surface area contributed by atoms with Crippen molar-refractivity contribution in [3.8, 4) is 28.7 Å². The third kappa shape index (κ3) is 5.40. The first kappa shape index (κ1) is 24.0. The summed E-state index contributed by atoms with van der Waals surface area (Å²) in [6, 6.07) is 13.3. The van der Waals surface area contributed by atoms with E-state index in [2.05, 4.69) is 5.32 Å². The second-order valence-electron chi connectivity index (χ2n) is 7.20. The van der Waals surface area contributed by atoms with Crippen LogP contribution >= 0.6 is 0 Å². The second kappa shape index (κ2) is 11.3. The average Bonchev–Trinajstić information content (AvgIpc) is 3.33. The Morgan fingerprint density at radius 3 is 2.18 bits per heavy atom. The number of methoxy groups -OCH3 is 5. The summed E-state index contributed by atoms with van der Waals surface area (Å²) >= 11 is 0. The third-order valence-corrected chi connectivity index (χ3v) is 5.34. The van der Waals surface area contributed by atoms with Gasteiger partial charge in [0.05, 0.1) is 46.8 Å². The summed E-state index contributed by atoms with van der Waals surface area (Å²) in [5.74, 6) is 1.97. The number of rotatable bonds is 11. The summed E-state index contributed by atoms with van der Waals surface area (Å²) in [6.45, 7) is 1.37. The van der Waals surface area contributed by atoms with Crippen LogP contribution in [0.5, 0.6) is 23.0 Å². The van der Waals surface area contributed by atoms with Crippen LogP contribution in [0.2, 0.25) is 0 Å². The Morgan fingerprint density at radius 2 is 1.52 bits per heavy atom. The van der Waals surface area contributed by atoms with Gasteiger partial charge in [0.25, 0.3) is 0 Å². The summed E-state index contributed by atoms with van der Waals surface area (Å²) in [7, 11) is 7.70. The molecule has 176 valence electrons. The molecule has 0 saturated heterocycles. The van der Waals surface area contributed by atoms with Crippen molar-refractivity contribution in [3.63, 3.8) is 0 Å². The van der Waals surface area contributed by atoms with Crippen molar-refractivity contribution < 1.29 is 28.5 Å². The number of nitrogens with zero attached hydrogens (tertiary/aromatic N) is 1. The molecule has 0 spiro atoms. The standard InChI is InChI=1S/C25H30N2O6/c1-29-21-9-8-17(13-22(21)30-2)10-11-26-16-18-7-6-12-27(18)20-15-24(32-4)23(31-3)14-19(20)25(28)33-5/h6-9,12-15,26H,10-11,16H2,1-5H3. The van der Waals surface area contributed by atoms with Crippen LogP contribution in [0.25, 0.3) is 5.69 Å². The van der Waals surface area contributed by atoms with Crippen LogP contribution in [0, 0.1) is 0 Å². The molecular formula is C25H30N2O6. The van der Waals surface area contributed by atoms with Gasteiger partial charge < -0.3 is 33.6 Å². The van der Waals surface area contributed by atoms with E-state index < -0.39 is 5.97 Å². The molecule has 0 unspecified atom stereocenters. The minimum atomic E-state index is -0.452. The van der Waals surface area contributed by atoms with Gasteiger partial charge in [-0.3, -0.25) is 0 Å². The van der Waals surface area contributed by atoms with Crippen molar-refractivity contribution in [2.24, 2.45) is 0 Å². The Hall–Kier alpha value is -3.65. The summed E-state index contributed by atoms with van der Waals surface area (Å²) in [5.41, 5.74) is 3.17. The van der Waals surface area contributed by atoms with E-state index in [0.29, 0.717) is 40.8 Å². The highest BCUT2D eigenvalue weighted by atomic mass is 16.5. The van der Waals surface area contributed by atoms with Crippen LogP contribution in [0.4, 0.5) is 0 Å². The number of benzene rings is 2. The first-order valence-corrected chi connectivity index (χ1v) is 10.5. The average molecular weight is 455 g/mol. The van der Waals surface area contributed by atoms with E-state index in [0.717, 1.165) is 24.2 Å². The Labute approximate surface area is 194 Å². The maximum absolute atomic E-state index is 12.5. The van der Waals surface area contributed by atoms with Crippen molar-refractivity contribution >= 4 is 5.97 Å². The van der Waals surface area contributed by atoms with E-state index in [-0.39, 0.29) is 0 Å². The smallest absolute Gasteiger partial charge is 0.340 e. The molecule has 0 aliphatic heterocycles. The molecule has 0 radical (unpaired) electrons. The fourth-order valence-corrected chi connectivity index (χ4v) is 3.62. The highest BCUT2D eigenvalue weighted by Gasteiger charge is 2.20. The van der Waals surface area contributed by atoms with Gasteiger partial charge in [0.2, 0.25) is 0 Å². The van der Waals surface area contributed by atoms with Crippen LogP contribution < -0.4 is 24.3 Å². The first-order valence-electron chi connectivity index (χ1n) is 10.5. The molecule has 0 saturated carbocycles. The lowest BCUT2D eigenvalue weighted by Crippen LogP contribution is -2.19. The molecule has 1 aromatic heterocycles. The molecule has 3 aromatic rings. The number of nitrogens with one attached hydrogen (secondary N) is 1. The van der Waals surface area contributed by atoms with Gasteiger partial charge in [-0.2, -0.15) is 0 Å². The molecule has 0 bridgehead atoms. The number of hydrogen-bond acceptors (Lipinski definition) is 7. The largest absolute Gasteiger partial charge is 0.493 e. The van der Waals surface area contributed by atoms with Crippen molar-refractivity contribution in [1.29, 1.82) is 0 Å². The van der Waals surface area contributed by atoms with Crippen molar-refractivity contribution in [2.75, 3.05) is 42.1 Å². The first-order chi connectivity index (χ1) is 16.1. The highest BCUT2D eigenvalue weighted by Crippen LogP contribution is 2.33. The number of ether oxygens (including phenoxy) is 5. The molecule has 0 atom stereocenters. The van der Waals surface area contributed by atoms with Crippen molar-refractivity contribution in [3.05, 3.63) is 65.5 Å². The lowest BCUT2D eigenvalue weighted by molar-refractivity contribution is 0.0600. The number of esters is 1. The molecule has 0 fully saturated rings. The highest BCUT2D eigenvalue weighted by molar-refractivity contribution is 5.94. The summed E-state index contributed by atoms with van der Waals surface area (Å²) in [4.78, 5) is 12.5. The zero-order valence-corrected chi connectivity index (χ0v) is 19.6. The zero-order valence-electron chi connectivity index (χ0n) is 19.6. The number of carbonyl (C=O) groups excluding carboxylic acids is 1. The molecular weight excluding hydrogens is 424 g/mol. The Balaban J connectivity index is 1.76. The maximum Gasteiger partial charge on any atom is 0.340 e. The predicted octanol–water partition coefficient (Wildman–Crippen LogP) is 3.63. The quantitative estimate of drug-likeness (QED) is 0.350. The second-order valence-corrected chi connectivity index (χ2v) is 7.20. The molecule has 8 heteroatoms. The molecule has 1 N–H and O–H groups in total. The van der Waals surface area contributed by atoms with E-state index in [4.69, 9.17) is 23.7 Å². The minimum absolute atomic E-state index is 0.387. The summed E-state index contributed by atoms with van der Waals surface area (Å²) in [5, 5.41) is 3.46. The number of aromatic nitrogens is 1. The van der Waals surface area contributed by atoms with E-state index >= 15 is 0 Å². The van der Waals surface area contributed by atoms with Crippen LogP contribution in [0.3, 0.4) is 0 Å². The number of carbonyl (C=O) groups is 1. The van der Waals surface area contributed by atoms with Crippen LogP contribution in [0.15, 0.2) is 48.7 Å². The fraction of sp³-hybridized carbons (Fsp3) is 0.320. The van der Waals surface area contributed by atoms with E-state index in [1.165, 1.54) is 14.2 Å². The lowest BCUT2D eigenvalue weighted by Gasteiger charge is -2.17. The summed E-state index contributed by atoms with van der Waals surface area (Å²) in [6.07, 6.45) is 2.73. The molecule has 2 aromatic carbocycles. The Kier molecular flexibility index (Phi) is 8.21. The Bertz CT molecular complexity index is 1090. The van der Waals surface area contributed by atoms with Crippen LogP contribution in [-0.2, 0) is 17.7 Å². The van der Waals surface area contributed by atoms with Gasteiger partial charge in [0.15, 0.2) is 23.0 Å². The Morgan fingerprint density at radius 1 is 0.848 bits per heavy atom. The zero-order chi connectivity index (χ0) is 23.8. The van der Waals surface area contributed by atoms with E-state index in [1.54, 1.807) is 33.5 Å². The predicted molar refractivity (Wildman–Crippen MR) is 125 cm³/mol. The summed E-state index contributed by atoms with van der Waals surface area (Å²) < 4.78 is 28.4. The van der Waals surface area contributed by atoms with E-state index in [1.807, 2.05) is 41.1 Å². The van der Waals surface area contributed by atoms with Crippen molar-refractivity contribution in [2.45, 2.75) is 13.0 Å². The van der Waals surface area contributed by atoms with Gasteiger partial charge in [-0.1, -0.05) is 6.07 Å². The van der Waals surface area contributed by atoms with Gasteiger partial charge in [-0.25, -0.2) is 4.79 Å². The SMILES string of the molecule is COC(=O)c1cc(OC)c(OC)cc1-n1cccc1CNCCc1ccc(OC)c(OC)c1. The fourth-order valence-electron chi connectivity index (χ4n) is 3.62. The molecule has 0 amide bonds. The monoisotopic (exact) mass is 454 g/mol. The number of hydrogen-bond donors (Lipinski definition) is 1. The maximum atomic E-state index is 12.5. The topological polar surface area (TPSA) is 80.2 Å². The van der Waals surface area contributed by atoms with Crippen LogP contribution in [-0.4, -0.2) is 52.6 Å². The third-order valence-electron chi connectivity index (χ3n) is 5.34. The van der Waals surface area contributed by atoms with Gasteiger partial charge in [0.1, 0.15) is 0 Å². The van der Waals surface area contributed by atoms with E-state index in [9.17, 15) is 4.79 Å². The molecule has 0 aliphatic carbocycles. The normalized spacial score (nSPS) is 10.6. The van der Waals surface area contributed by atoms with Crippen molar-refractivity contribution in [1.82, 2.24) is 9.88 Å². The van der Waals surface area contributed by atoms with Crippen LogP contribution in [0.1, 0.15) is 21.6 Å². The molecule has 3 rings (SSSR count). The van der Waals surface area contributed by atoms with Gasteiger partial charge in [0, 0.05) is 30.6 Å². The molecule has 33 heavy (non-hydrogen) atoms. The van der Waals surface area contributed by atoms with Gasteiger partial charge in [-0.15, -0.1) is 0 Å². The minimum Gasteiger partial charge on any atom is -0.493 e. The lowest BCUT2D eigenvalue weighted by atomic mass is 10.1. The van der Waals surface area contributed by atoms with Gasteiger partial charge in [-0.05, 0) is 42.8 Å². The van der Waals surface area contributed by atoms with Gasteiger partial charge >= 0.3 is 5.97 Å². The molecule has 0 aliphatic rings. The molecule has 8 nitrogen and oxygen atoms in total.